The number of sulfonamides is 1. The van der Waals surface area contributed by atoms with Gasteiger partial charge in [-0.05, 0) is 55.5 Å². The van der Waals surface area contributed by atoms with Crippen LogP contribution in [-0.2, 0) is 19.6 Å². The number of carbonyl (C=O) groups excluding carboxylic acids is 2. The second kappa shape index (κ2) is 9.78. The molecule has 1 aliphatic heterocycles. The van der Waals surface area contributed by atoms with E-state index >= 15 is 0 Å². The van der Waals surface area contributed by atoms with Gasteiger partial charge in [-0.3, -0.25) is 14.5 Å². The van der Waals surface area contributed by atoms with Crippen LogP contribution in [0.2, 0.25) is 0 Å². The van der Waals surface area contributed by atoms with Gasteiger partial charge >= 0.3 is 0 Å². The third-order valence-corrected chi connectivity index (χ3v) is 7.50. The first-order chi connectivity index (χ1) is 16.2. The Morgan fingerprint density at radius 3 is 2.32 bits per heavy atom. The van der Waals surface area contributed by atoms with Gasteiger partial charge in [-0.1, -0.05) is 47.7 Å². The van der Waals surface area contributed by atoms with Crippen molar-refractivity contribution in [1.82, 2.24) is 0 Å². The van der Waals surface area contributed by atoms with Crippen LogP contribution >= 0.6 is 11.8 Å². The highest BCUT2D eigenvalue weighted by molar-refractivity contribution is 8.16. The SMILES string of the molecule is Cc1ccc(NC(=O)CC2SC(=NS(=O)(=O)c3ccc(F)cc3)N(c3ccccc3)C2=O)cc1. The zero-order valence-electron chi connectivity index (χ0n) is 18.0. The molecule has 174 valence electrons. The van der Waals surface area contributed by atoms with E-state index in [0.717, 1.165) is 41.6 Å². The maximum absolute atomic E-state index is 13.2. The van der Waals surface area contributed by atoms with Crippen molar-refractivity contribution >= 4 is 50.1 Å². The molecule has 7 nitrogen and oxygen atoms in total. The van der Waals surface area contributed by atoms with E-state index in [9.17, 15) is 22.4 Å². The van der Waals surface area contributed by atoms with Gasteiger partial charge in [0.15, 0.2) is 5.17 Å². The van der Waals surface area contributed by atoms with Gasteiger partial charge in [0.1, 0.15) is 11.1 Å². The summed E-state index contributed by atoms with van der Waals surface area (Å²) in [6.45, 7) is 1.93. The fraction of sp³-hybridized carbons (Fsp3) is 0.125. The molecule has 10 heteroatoms. The molecule has 34 heavy (non-hydrogen) atoms. The van der Waals surface area contributed by atoms with E-state index in [4.69, 9.17) is 0 Å². The standard InChI is InChI=1S/C24H20FN3O4S2/c1-16-7-11-18(12-8-16)26-22(29)15-21-23(30)28(19-5-3-2-4-6-19)24(33-21)27-34(31,32)20-13-9-17(25)10-14-20/h2-14,21H,15H2,1H3,(H,26,29). The van der Waals surface area contributed by atoms with Crippen LogP contribution < -0.4 is 10.2 Å². The number of rotatable bonds is 6. The second-order valence-corrected chi connectivity index (χ2v) is 10.3. The monoisotopic (exact) mass is 497 g/mol. The highest BCUT2D eigenvalue weighted by Gasteiger charge is 2.41. The average molecular weight is 498 g/mol. The number of thioether (sulfide) groups is 1. The van der Waals surface area contributed by atoms with Gasteiger partial charge in [0.2, 0.25) is 11.8 Å². The summed E-state index contributed by atoms with van der Waals surface area (Å²) in [4.78, 5) is 26.8. The van der Waals surface area contributed by atoms with Crippen LogP contribution in [0.1, 0.15) is 12.0 Å². The molecule has 2 amide bonds. The first-order valence-electron chi connectivity index (χ1n) is 10.3. The summed E-state index contributed by atoms with van der Waals surface area (Å²) in [7, 11) is -4.22. The van der Waals surface area contributed by atoms with Crippen LogP contribution in [0.3, 0.4) is 0 Å². The Morgan fingerprint density at radius 1 is 1.03 bits per heavy atom. The van der Waals surface area contributed by atoms with Crippen molar-refractivity contribution in [3.63, 3.8) is 0 Å². The number of carbonyl (C=O) groups is 2. The molecule has 0 aromatic heterocycles. The van der Waals surface area contributed by atoms with Crippen molar-refractivity contribution in [2.45, 2.75) is 23.5 Å². The lowest BCUT2D eigenvalue weighted by Gasteiger charge is -2.16. The van der Waals surface area contributed by atoms with Crippen molar-refractivity contribution in [2.24, 2.45) is 4.40 Å². The first kappa shape index (κ1) is 23.7. The lowest BCUT2D eigenvalue weighted by Crippen LogP contribution is -2.33. The molecular formula is C24H20FN3O4S2. The maximum atomic E-state index is 13.2. The molecule has 3 aromatic rings. The minimum Gasteiger partial charge on any atom is -0.326 e. The molecule has 0 spiro atoms. The summed E-state index contributed by atoms with van der Waals surface area (Å²) in [6.07, 6.45) is -0.170. The molecule has 3 aromatic carbocycles. The number of amides is 2. The van der Waals surface area contributed by atoms with Gasteiger partial charge in [0.05, 0.1) is 10.6 Å². The minimum absolute atomic E-state index is 0.0753. The molecule has 1 saturated heterocycles. The van der Waals surface area contributed by atoms with Crippen molar-refractivity contribution in [3.8, 4) is 0 Å². The number of para-hydroxylation sites is 1. The number of nitrogens with zero attached hydrogens (tertiary/aromatic N) is 2. The van der Waals surface area contributed by atoms with Crippen LogP contribution in [0.25, 0.3) is 0 Å². The highest BCUT2D eigenvalue weighted by Crippen LogP contribution is 2.35. The summed E-state index contributed by atoms with van der Waals surface area (Å²) in [5, 5.41) is 1.81. The third kappa shape index (κ3) is 5.35. The third-order valence-electron chi connectivity index (χ3n) is 4.97. The Labute approximate surface area is 200 Å². The number of aryl methyl sites for hydroxylation is 1. The molecule has 0 bridgehead atoms. The molecule has 1 unspecified atom stereocenters. The van der Waals surface area contributed by atoms with Crippen LogP contribution in [0.5, 0.6) is 0 Å². The Balaban J connectivity index is 1.61. The number of hydrogen-bond donors (Lipinski definition) is 1. The number of benzene rings is 3. The number of hydrogen-bond acceptors (Lipinski definition) is 5. The largest absolute Gasteiger partial charge is 0.326 e. The van der Waals surface area contributed by atoms with Crippen LogP contribution in [0, 0.1) is 12.7 Å². The van der Waals surface area contributed by atoms with Crippen LogP contribution in [-0.4, -0.2) is 30.6 Å². The molecule has 1 fully saturated rings. The fourth-order valence-electron chi connectivity index (χ4n) is 3.25. The topological polar surface area (TPSA) is 95.9 Å². The number of anilines is 2. The van der Waals surface area contributed by atoms with Crippen LogP contribution in [0.4, 0.5) is 15.8 Å². The smallest absolute Gasteiger partial charge is 0.284 e. The molecule has 0 radical (unpaired) electrons. The van der Waals surface area contributed by atoms with E-state index < -0.39 is 27.0 Å². The van der Waals surface area contributed by atoms with E-state index in [0.29, 0.717) is 11.4 Å². The van der Waals surface area contributed by atoms with Crippen molar-refractivity contribution in [2.75, 3.05) is 10.2 Å². The molecular weight excluding hydrogens is 477 g/mol. The lowest BCUT2D eigenvalue weighted by atomic mass is 10.2. The lowest BCUT2D eigenvalue weighted by molar-refractivity contribution is -0.121. The van der Waals surface area contributed by atoms with E-state index in [1.165, 1.54) is 4.90 Å². The highest BCUT2D eigenvalue weighted by atomic mass is 32.2. The van der Waals surface area contributed by atoms with Gasteiger partial charge < -0.3 is 5.32 Å². The molecule has 0 saturated carbocycles. The average Bonchev–Trinajstić information content (AvgIpc) is 3.10. The predicted molar refractivity (Wildman–Crippen MR) is 131 cm³/mol. The fourth-order valence-corrected chi connectivity index (χ4v) is 5.59. The van der Waals surface area contributed by atoms with Crippen molar-refractivity contribution in [3.05, 3.63) is 90.2 Å². The van der Waals surface area contributed by atoms with Crippen molar-refractivity contribution < 1.29 is 22.4 Å². The maximum Gasteiger partial charge on any atom is 0.284 e. The van der Waals surface area contributed by atoms with E-state index in [1.807, 2.05) is 19.1 Å². The molecule has 4 rings (SSSR count). The Kier molecular flexibility index (Phi) is 6.80. The van der Waals surface area contributed by atoms with Gasteiger partial charge in [-0.2, -0.15) is 8.42 Å². The number of halogens is 1. The Bertz CT molecular complexity index is 1340. The zero-order chi connectivity index (χ0) is 24.3. The summed E-state index contributed by atoms with van der Waals surface area (Å²) in [6, 6.07) is 19.9. The summed E-state index contributed by atoms with van der Waals surface area (Å²) >= 11 is 0.900. The Morgan fingerprint density at radius 2 is 1.68 bits per heavy atom. The summed E-state index contributed by atoms with van der Waals surface area (Å²) < 4.78 is 42.8. The van der Waals surface area contributed by atoms with E-state index in [-0.39, 0.29) is 22.4 Å². The minimum atomic E-state index is -4.22. The quantitative estimate of drug-likeness (QED) is 0.546. The number of amidine groups is 1. The van der Waals surface area contributed by atoms with Gasteiger partial charge in [-0.25, -0.2) is 4.39 Å². The molecule has 1 N–H and O–H groups in total. The summed E-state index contributed by atoms with van der Waals surface area (Å²) in [5.41, 5.74) is 2.06. The normalized spacial score (nSPS) is 17.2. The first-order valence-corrected chi connectivity index (χ1v) is 12.6. The van der Waals surface area contributed by atoms with Crippen LogP contribution in [0.15, 0.2) is 88.2 Å². The van der Waals surface area contributed by atoms with Gasteiger partial charge in [0, 0.05) is 12.1 Å². The Hall–Kier alpha value is -3.50. The second-order valence-electron chi connectivity index (χ2n) is 7.54. The predicted octanol–water partition coefficient (Wildman–Crippen LogP) is 4.36. The van der Waals surface area contributed by atoms with E-state index in [2.05, 4.69) is 9.71 Å². The molecule has 1 atom stereocenters. The molecule has 1 aliphatic rings. The van der Waals surface area contributed by atoms with Gasteiger partial charge in [0.25, 0.3) is 10.0 Å². The number of nitrogens with one attached hydrogen (secondary N) is 1. The molecule has 0 aliphatic carbocycles. The van der Waals surface area contributed by atoms with Crippen molar-refractivity contribution in [1.29, 1.82) is 0 Å². The van der Waals surface area contributed by atoms with E-state index in [1.54, 1.807) is 42.5 Å². The van der Waals surface area contributed by atoms with Gasteiger partial charge in [-0.15, -0.1) is 4.40 Å². The molecule has 1 heterocycles. The summed E-state index contributed by atoms with van der Waals surface area (Å²) in [5.74, 6) is -1.42. The zero-order valence-corrected chi connectivity index (χ0v) is 19.6.